The standard InChI is InChI=1S/C16H20/c1-13-7-6-9-14-8-4-5-10-15(14)16(2,3)12-11-13/h4-8,10-11H,9,12H2,1-3H3/b7-6-,13-11-. The predicted molar refractivity (Wildman–Crippen MR) is 70.7 cm³/mol. The average Bonchev–Trinajstić information content (AvgIpc) is 2.31. The smallest absolute Gasteiger partial charge is 0.00661 e. The van der Waals surface area contributed by atoms with E-state index in [9.17, 15) is 0 Å². The molecule has 1 aliphatic carbocycles. The molecule has 0 aliphatic heterocycles. The molecule has 0 radical (unpaired) electrons. The number of rotatable bonds is 0. The second kappa shape index (κ2) is 4.29. The van der Waals surface area contributed by atoms with Crippen molar-refractivity contribution >= 4 is 0 Å². The lowest BCUT2D eigenvalue weighted by Gasteiger charge is -2.26. The van der Waals surface area contributed by atoms with Crippen molar-refractivity contribution in [2.45, 2.75) is 39.0 Å². The first kappa shape index (κ1) is 11.2. The lowest BCUT2D eigenvalue weighted by atomic mass is 9.78. The molecule has 0 heterocycles. The summed E-state index contributed by atoms with van der Waals surface area (Å²) in [5.74, 6) is 0. The molecule has 0 N–H and O–H groups in total. The second-order valence-corrected chi connectivity index (χ2v) is 5.30. The summed E-state index contributed by atoms with van der Waals surface area (Å²) in [5.41, 5.74) is 4.57. The summed E-state index contributed by atoms with van der Waals surface area (Å²) in [5, 5.41) is 0. The van der Waals surface area contributed by atoms with Crippen LogP contribution in [0.4, 0.5) is 0 Å². The largest absolute Gasteiger partial charge is 0.0807 e. The molecule has 84 valence electrons. The highest BCUT2D eigenvalue weighted by molar-refractivity contribution is 5.37. The zero-order valence-corrected chi connectivity index (χ0v) is 10.5. The molecule has 1 aromatic carbocycles. The fraction of sp³-hybridized carbons (Fsp3) is 0.375. The maximum Gasteiger partial charge on any atom is -0.00661 e. The van der Waals surface area contributed by atoms with Gasteiger partial charge in [0.1, 0.15) is 0 Å². The molecule has 16 heavy (non-hydrogen) atoms. The Balaban J connectivity index is 2.49. The first-order valence-corrected chi connectivity index (χ1v) is 6.01. The van der Waals surface area contributed by atoms with Crippen LogP contribution in [-0.4, -0.2) is 0 Å². The van der Waals surface area contributed by atoms with Gasteiger partial charge in [0, 0.05) is 0 Å². The van der Waals surface area contributed by atoms with Crippen LogP contribution in [0.15, 0.2) is 48.1 Å². The fourth-order valence-corrected chi connectivity index (χ4v) is 2.32. The average molecular weight is 212 g/mol. The summed E-state index contributed by atoms with van der Waals surface area (Å²) >= 11 is 0. The number of benzene rings is 1. The molecule has 0 saturated carbocycles. The zero-order valence-electron chi connectivity index (χ0n) is 10.5. The molecule has 0 amide bonds. The van der Waals surface area contributed by atoms with Crippen molar-refractivity contribution < 1.29 is 0 Å². The third-order valence-electron chi connectivity index (χ3n) is 3.40. The molecule has 2 rings (SSSR count). The second-order valence-electron chi connectivity index (χ2n) is 5.30. The Hall–Kier alpha value is -1.30. The molecular weight excluding hydrogens is 192 g/mol. The zero-order chi connectivity index (χ0) is 11.6. The summed E-state index contributed by atoms with van der Waals surface area (Å²) in [7, 11) is 0. The van der Waals surface area contributed by atoms with Gasteiger partial charge < -0.3 is 0 Å². The van der Waals surface area contributed by atoms with Crippen LogP contribution in [0.25, 0.3) is 0 Å². The van der Waals surface area contributed by atoms with Gasteiger partial charge in [-0.2, -0.15) is 0 Å². The van der Waals surface area contributed by atoms with E-state index in [1.54, 1.807) is 0 Å². The van der Waals surface area contributed by atoms with E-state index in [1.807, 2.05) is 0 Å². The molecule has 1 aromatic rings. The molecule has 1 aliphatic rings. The summed E-state index contributed by atoms with van der Waals surface area (Å²) in [4.78, 5) is 0. The summed E-state index contributed by atoms with van der Waals surface area (Å²) in [6, 6.07) is 8.82. The molecule has 0 fully saturated rings. The third kappa shape index (κ3) is 2.27. The van der Waals surface area contributed by atoms with Crippen LogP contribution in [0.3, 0.4) is 0 Å². The lowest BCUT2D eigenvalue weighted by molar-refractivity contribution is 0.529. The van der Waals surface area contributed by atoms with Gasteiger partial charge in [0.05, 0.1) is 0 Å². The third-order valence-corrected chi connectivity index (χ3v) is 3.40. The quantitative estimate of drug-likeness (QED) is 0.597. The predicted octanol–water partition coefficient (Wildman–Crippen LogP) is 4.41. The molecule has 0 atom stereocenters. The Bertz CT molecular complexity index is 433. The van der Waals surface area contributed by atoms with Gasteiger partial charge in [-0.25, -0.2) is 0 Å². The first-order chi connectivity index (χ1) is 7.59. The molecule has 0 heteroatoms. The Labute approximate surface area is 98.7 Å². The van der Waals surface area contributed by atoms with Gasteiger partial charge in [-0.3, -0.25) is 0 Å². The normalized spacial score (nSPS) is 24.3. The Morgan fingerprint density at radius 1 is 1.12 bits per heavy atom. The van der Waals surface area contributed by atoms with Gasteiger partial charge >= 0.3 is 0 Å². The van der Waals surface area contributed by atoms with Gasteiger partial charge in [0.25, 0.3) is 0 Å². The van der Waals surface area contributed by atoms with E-state index in [0.717, 1.165) is 12.8 Å². The van der Waals surface area contributed by atoms with Crippen molar-refractivity contribution in [3.8, 4) is 0 Å². The molecule has 0 bridgehead atoms. The highest BCUT2D eigenvalue weighted by Gasteiger charge is 2.22. The van der Waals surface area contributed by atoms with Gasteiger partial charge in [-0.05, 0) is 36.3 Å². The minimum atomic E-state index is 0.240. The van der Waals surface area contributed by atoms with E-state index in [2.05, 4.69) is 63.3 Å². The van der Waals surface area contributed by atoms with Gasteiger partial charge in [0.15, 0.2) is 0 Å². The van der Waals surface area contributed by atoms with E-state index in [-0.39, 0.29) is 5.41 Å². The summed E-state index contributed by atoms with van der Waals surface area (Å²) in [6.07, 6.45) is 9.01. The number of hydrogen-bond acceptors (Lipinski definition) is 0. The molecule has 0 spiro atoms. The van der Waals surface area contributed by atoms with E-state index < -0.39 is 0 Å². The highest BCUT2D eigenvalue weighted by atomic mass is 14.3. The van der Waals surface area contributed by atoms with Crippen molar-refractivity contribution in [1.82, 2.24) is 0 Å². The molecule has 0 unspecified atom stereocenters. The maximum atomic E-state index is 2.35. The highest BCUT2D eigenvalue weighted by Crippen LogP contribution is 2.32. The van der Waals surface area contributed by atoms with E-state index in [4.69, 9.17) is 0 Å². The maximum absolute atomic E-state index is 2.35. The molecule has 0 saturated heterocycles. The van der Waals surface area contributed by atoms with Crippen LogP contribution in [0.2, 0.25) is 0 Å². The van der Waals surface area contributed by atoms with E-state index >= 15 is 0 Å². The summed E-state index contributed by atoms with van der Waals surface area (Å²) in [6.45, 7) is 6.85. The van der Waals surface area contributed by atoms with Crippen LogP contribution in [0.1, 0.15) is 38.3 Å². The van der Waals surface area contributed by atoms with Gasteiger partial charge in [-0.1, -0.05) is 61.9 Å². The van der Waals surface area contributed by atoms with Crippen molar-refractivity contribution in [2.75, 3.05) is 0 Å². The first-order valence-electron chi connectivity index (χ1n) is 6.01. The number of fused-ring (bicyclic) bond motifs is 1. The Morgan fingerprint density at radius 3 is 2.69 bits per heavy atom. The van der Waals surface area contributed by atoms with E-state index in [0.29, 0.717) is 0 Å². The summed E-state index contributed by atoms with van der Waals surface area (Å²) < 4.78 is 0. The SMILES string of the molecule is CC1=C/CC(C)(C)c2ccccc2C/C=C\1. The topological polar surface area (TPSA) is 0 Å². The fourth-order valence-electron chi connectivity index (χ4n) is 2.32. The van der Waals surface area contributed by atoms with Gasteiger partial charge in [0.2, 0.25) is 0 Å². The molecule has 0 aromatic heterocycles. The van der Waals surface area contributed by atoms with E-state index in [1.165, 1.54) is 16.7 Å². The van der Waals surface area contributed by atoms with Crippen LogP contribution in [-0.2, 0) is 11.8 Å². The Kier molecular flexibility index (Phi) is 3.00. The van der Waals surface area contributed by atoms with Crippen LogP contribution in [0, 0.1) is 0 Å². The van der Waals surface area contributed by atoms with Gasteiger partial charge in [-0.15, -0.1) is 0 Å². The monoisotopic (exact) mass is 212 g/mol. The van der Waals surface area contributed by atoms with Crippen molar-refractivity contribution in [1.29, 1.82) is 0 Å². The number of hydrogen-bond donors (Lipinski definition) is 0. The minimum absolute atomic E-state index is 0.240. The van der Waals surface area contributed by atoms with Crippen molar-refractivity contribution in [3.63, 3.8) is 0 Å². The van der Waals surface area contributed by atoms with Crippen LogP contribution < -0.4 is 0 Å². The number of allylic oxidation sites excluding steroid dienone is 4. The molecular formula is C16H20. The van der Waals surface area contributed by atoms with Crippen molar-refractivity contribution in [3.05, 3.63) is 59.2 Å². The minimum Gasteiger partial charge on any atom is -0.0807 e. The van der Waals surface area contributed by atoms with Crippen LogP contribution >= 0.6 is 0 Å². The lowest BCUT2D eigenvalue weighted by Crippen LogP contribution is -2.18. The van der Waals surface area contributed by atoms with Crippen LogP contribution in [0.5, 0.6) is 0 Å². The van der Waals surface area contributed by atoms with Crippen molar-refractivity contribution in [2.24, 2.45) is 0 Å². The molecule has 0 nitrogen and oxygen atoms in total. The Morgan fingerprint density at radius 2 is 1.88 bits per heavy atom.